The molecule has 0 bridgehead atoms. The summed E-state index contributed by atoms with van der Waals surface area (Å²) < 4.78 is 46.9. The van der Waals surface area contributed by atoms with Crippen LogP contribution in [0.25, 0.3) is 39.4 Å². The van der Waals surface area contributed by atoms with Crippen molar-refractivity contribution in [3.8, 4) is 28.0 Å². The molecule has 41 heavy (non-hydrogen) atoms. The molecular weight excluding hydrogens is 536 g/mol. The summed E-state index contributed by atoms with van der Waals surface area (Å²) in [7, 11) is -4.18. The number of rotatable bonds is 8. The first-order valence-electron chi connectivity index (χ1n) is 13.4. The molecule has 7 nitrogen and oxygen atoms in total. The summed E-state index contributed by atoms with van der Waals surface area (Å²) in [5, 5.41) is 3.36. The Labute approximate surface area is 238 Å². The summed E-state index contributed by atoms with van der Waals surface area (Å²) in [5.74, 6) is 1.37. The molecule has 0 amide bonds. The molecule has 206 valence electrons. The third-order valence-electron chi connectivity index (χ3n) is 7.01. The topological polar surface area (TPSA) is 92.7 Å². The predicted octanol–water partition coefficient (Wildman–Crippen LogP) is 7.08. The number of allylic oxidation sites excluding steroid dienone is 2. The zero-order valence-electron chi connectivity index (χ0n) is 22.4. The summed E-state index contributed by atoms with van der Waals surface area (Å²) >= 11 is 0. The molecule has 5 aromatic rings. The van der Waals surface area contributed by atoms with Crippen LogP contribution in [0.2, 0.25) is 0 Å². The molecule has 1 aromatic heterocycles. The van der Waals surface area contributed by atoms with Crippen LogP contribution in [0.1, 0.15) is 19.2 Å². The van der Waals surface area contributed by atoms with Crippen LogP contribution in [0.4, 0.5) is 5.69 Å². The van der Waals surface area contributed by atoms with Crippen LogP contribution in [0.5, 0.6) is 5.75 Å². The normalized spacial score (nSPS) is 14.2. The number of aryl methyl sites for hydroxylation is 1. The summed E-state index contributed by atoms with van der Waals surface area (Å²) in [4.78, 5) is 0. The van der Waals surface area contributed by atoms with Crippen molar-refractivity contribution >= 4 is 33.0 Å². The molecule has 0 atom stereocenters. The van der Waals surface area contributed by atoms with Gasteiger partial charge < -0.3 is 14.5 Å². The van der Waals surface area contributed by atoms with Crippen LogP contribution in [0.15, 0.2) is 119 Å². The number of hydrogen-bond acceptors (Lipinski definition) is 5. The molecule has 4 aromatic carbocycles. The lowest BCUT2D eigenvalue weighted by Gasteiger charge is -2.03. The highest BCUT2D eigenvalue weighted by Crippen LogP contribution is 2.37. The zero-order valence-corrected chi connectivity index (χ0v) is 23.3. The first-order chi connectivity index (χ1) is 19.9. The van der Waals surface area contributed by atoms with E-state index in [1.807, 2.05) is 97.9 Å². The van der Waals surface area contributed by atoms with Gasteiger partial charge in [0.25, 0.3) is 15.6 Å². The molecule has 2 heterocycles. The number of anilines is 1. The standard InChI is InChI=1S/C33H28N2O5S/c1-2-23(19-32-34-28-21-26(13-15-30(28)39-32)24-9-5-3-6-10-24)20-33-35(17-18-41(36,37)38)29-22-27(14-16-31(29)40-33)25-11-7-4-8-12-25/h3-16,19-22H,2,17-18H2,1H3,(H,36,37,38)/p+1. The van der Waals surface area contributed by atoms with E-state index in [9.17, 15) is 13.0 Å². The van der Waals surface area contributed by atoms with Gasteiger partial charge in [-0.25, -0.2) is 0 Å². The molecule has 0 radical (unpaired) electrons. The molecule has 1 aliphatic heterocycles. The van der Waals surface area contributed by atoms with Gasteiger partial charge in [-0.2, -0.15) is 13.0 Å². The van der Waals surface area contributed by atoms with Crippen molar-refractivity contribution in [2.75, 3.05) is 11.1 Å². The molecule has 0 saturated carbocycles. The number of ether oxygens (including phenoxy) is 1. The summed E-state index contributed by atoms with van der Waals surface area (Å²) in [6.45, 7) is 2.06. The van der Waals surface area contributed by atoms with Gasteiger partial charge in [-0.05, 0) is 52.4 Å². The van der Waals surface area contributed by atoms with Crippen LogP contribution in [-0.4, -0.2) is 18.7 Å². The van der Waals surface area contributed by atoms with Gasteiger partial charge in [-0.15, -0.1) is 0 Å². The minimum Gasteiger partial charge on any atom is -0.439 e. The molecular formula is C33H29N2O5S+. The van der Waals surface area contributed by atoms with E-state index in [2.05, 4.69) is 23.5 Å². The fourth-order valence-electron chi connectivity index (χ4n) is 4.90. The molecule has 8 heteroatoms. The highest BCUT2D eigenvalue weighted by Gasteiger charge is 2.25. The number of hydrogen-bond donors (Lipinski definition) is 2. The summed E-state index contributed by atoms with van der Waals surface area (Å²) in [5.41, 5.74) is 7.37. The summed E-state index contributed by atoms with van der Waals surface area (Å²) in [6.07, 6.45) is 4.46. The van der Waals surface area contributed by atoms with E-state index in [1.54, 1.807) is 4.57 Å². The van der Waals surface area contributed by atoms with E-state index in [-0.39, 0.29) is 6.54 Å². The molecule has 0 aliphatic carbocycles. The van der Waals surface area contributed by atoms with Gasteiger partial charge in [-0.1, -0.05) is 79.7 Å². The Morgan fingerprint density at radius 2 is 1.54 bits per heavy atom. The zero-order chi connectivity index (χ0) is 28.4. The lowest BCUT2D eigenvalue weighted by molar-refractivity contribution is -0.673. The molecule has 0 unspecified atom stereocenters. The van der Waals surface area contributed by atoms with Gasteiger partial charge in [0.15, 0.2) is 18.2 Å². The Hall–Kier alpha value is -4.66. The largest absolute Gasteiger partial charge is 0.439 e. The van der Waals surface area contributed by atoms with Crippen molar-refractivity contribution in [1.82, 2.24) is 0 Å². The lowest BCUT2D eigenvalue weighted by Crippen LogP contribution is -2.38. The van der Waals surface area contributed by atoms with E-state index < -0.39 is 15.9 Å². The van der Waals surface area contributed by atoms with Gasteiger partial charge in [0.05, 0.1) is 11.8 Å². The van der Waals surface area contributed by atoms with Crippen molar-refractivity contribution in [3.05, 3.63) is 120 Å². The Morgan fingerprint density at radius 3 is 2.20 bits per heavy atom. The smallest absolute Gasteiger partial charge is 0.374 e. The van der Waals surface area contributed by atoms with Crippen molar-refractivity contribution in [1.29, 1.82) is 0 Å². The molecule has 1 aliphatic rings. The van der Waals surface area contributed by atoms with Gasteiger partial charge in [-0.3, -0.25) is 4.55 Å². The molecule has 0 saturated heterocycles. The average Bonchev–Trinajstić information content (AvgIpc) is 3.55. The number of benzene rings is 4. The van der Waals surface area contributed by atoms with Crippen molar-refractivity contribution in [2.45, 2.75) is 19.9 Å². The van der Waals surface area contributed by atoms with Crippen LogP contribution in [0, 0.1) is 0 Å². The van der Waals surface area contributed by atoms with E-state index in [4.69, 9.17) is 9.15 Å². The number of aromatic nitrogens is 1. The first kappa shape index (κ1) is 26.6. The van der Waals surface area contributed by atoms with E-state index >= 15 is 0 Å². The van der Waals surface area contributed by atoms with Gasteiger partial charge >= 0.3 is 5.89 Å². The monoisotopic (exact) mass is 565 g/mol. The fraction of sp³-hybridized carbons (Fsp3) is 0.121. The highest BCUT2D eigenvalue weighted by molar-refractivity contribution is 7.85. The van der Waals surface area contributed by atoms with E-state index in [0.29, 0.717) is 23.8 Å². The minimum absolute atomic E-state index is 0.0337. The third kappa shape index (κ3) is 5.94. The minimum atomic E-state index is -4.18. The van der Waals surface area contributed by atoms with Crippen molar-refractivity contribution in [3.63, 3.8) is 0 Å². The third-order valence-corrected chi connectivity index (χ3v) is 7.71. The number of nitrogens with zero attached hydrogens (tertiary/aromatic N) is 1. The van der Waals surface area contributed by atoms with E-state index in [0.717, 1.165) is 44.8 Å². The first-order valence-corrected chi connectivity index (χ1v) is 15.0. The number of oxazole rings is 1. The molecule has 2 N–H and O–H groups in total. The summed E-state index contributed by atoms with van der Waals surface area (Å²) in [6, 6.07) is 32.0. The second kappa shape index (κ2) is 11.1. The molecule has 6 rings (SSSR count). The van der Waals surface area contributed by atoms with Crippen LogP contribution in [-0.2, 0) is 16.7 Å². The second-order valence-electron chi connectivity index (χ2n) is 9.81. The highest BCUT2D eigenvalue weighted by atomic mass is 32.2. The Balaban J connectivity index is 1.34. The predicted molar refractivity (Wildman–Crippen MR) is 161 cm³/mol. The Morgan fingerprint density at radius 1 is 0.878 bits per heavy atom. The van der Waals surface area contributed by atoms with Crippen LogP contribution < -0.4 is 14.6 Å². The number of fused-ring (bicyclic) bond motifs is 2. The SMILES string of the molecule is CCC(=Cc1oc2ccc(-c3ccccc3)cc2[n+]1CCS(=O)(=O)O)C=C1Nc2cc(-c3ccccc3)ccc2O1. The van der Waals surface area contributed by atoms with Gasteiger partial charge in [0.1, 0.15) is 5.75 Å². The Bertz CT molecular complexity index is 1890. The Kier molecular flexibility index (Phi) is 7.17. The van der Waals surface area contributed by atoms with Crippen molar-refractivity contribution < 1.29 is 26.7 Å². The maximum absolute atomic E-state index is 11.7. The quantitative estimate of drug-likeness (QED) is 0.154. The van der Waals surface area contributed by atoms with Gasteiger partial charge in [0, 0.05) is 12.1 Å². The second-order valence-corrected chi connectivity index (χ2v) is 11.4. The van der Waals surface area contributed by atoms with Crippen LogP contribution >= 0.6 is 0 Å². The van der Waals surface area contributed by atoms with E-state index in [1.165, 1.54) is 0 Å². The van der Waals surface area contributed by atoms with Gasteiger partial charge in [0.2, 0.25) is 5.58 Å². The fourth-order valence-corrected chi connectivity index (χ4v) is 5.31. The maximum Gasteiger partial charge on any atom is 0.374 e. The lowest BCUT2D eigenvalue weighted by atomic mass is 10.1. The van der Waals surface area contributed by atoms with Crippen LogP contribution in [0.3, 0.4) is 0 Å². The molecule has 0 spiro atoms. The van der Waals surface area contributed by atoms with Crippen molar-refractivity contribution in [2.24, 2.45) is 0 Å². The maximum atomic E-state index is 11.7. The number of nitrogens with one attached hydrogen (secondary N) is 1. The average molecular weight is 566 g/mol. The molecule has 0 fully saturated rings.